The minimum atomic E-state index is 0.0368. The lowest BCUT2D eigenvalue weighted by atomic mass is 9.88. The van der Waals surface area contributed by atoms with E-state index in [-0.39, 0.29) is 23.3 Å². The van der Waals surface area contributed by atoms with E-state index in [4.69, 9.17) is 0 Å². The summed E-state index contributed by atoms with van der Waals surface area (Å²) in [5.41, 5.74) is 0.119. The lowest BCUT2D eigenvalue weighted by Crippen LogP contribution is -2.45. The van der Waals surface area contributed by atoms with Crippen molar-refractivity contribution in [2.45, 2.75) is 47.6 Å². The molecule has 0 aromatic heterocycles. The first-order valence-electron chi connectivity index (χ1n) is 5.80. The van der Waals surface area contributed by atoms with Crippen LogP contribution in [0.5, 0.6) is 0 Å². The van der Waals surface area contributed by atoms with Gasteiger partial charge in [-0.05, 0) is 18.9 Å². The van der Waals surface area contributed by atoms with Gasteiger partial charge in [0.15, 0.2) is 0 Å². The maximum atomic E-state index is 11.8. The van der Waals surface area contributed by atoms with Crippen molar-refractivity contribution in [2.75, 3.05) is 13.1 Å². The molecule has 0 aliphatic heterocycles. The van der Waals surface area contributed by atoms with Gasteiger partial charge in [0.05, 0.1) is 0 Å². The fourth-order valence-electron chi connectivity index (χ4n) is 1.03. The van der Waals surface area contributed by atoms with Gasteiger partial charge in [0.2, 0.25) is 5.91 Å². The molecular weight excluding hydrogens is 188 g/mol. The molecule has 15 heavy (non-hydrogen) atoms. The van der Waals surface area contributed by atoms with Crippen LogP contribution in [0.1, 0.15) is 41.5 Å². The molecule has 0 rings (SSSR count). The van der Waals surface area contributed by atoms with Crippen LogP contribution in [0.2, 0.25) is 0 Å². The zero-order valence-electron chi connectivity index (χ0n) is 11.0. The SMILES string of the molecule is CCNCC(C)C(=O)NC(C)C(C)(C)C. The average Bonchev–Trinajstić information content (AvgIpc) is 2.12. The number of nitrogens with one attached hydrogen (secondary N) is 2. The van der Waals surface area contributed by atoms with Crippen LogP contribution in [0.3, 0.4) is 0 Å². The van der Waals surface area contributed by atoms with Crippen molar-refractivity contribution in [1.82, 2.24) is 10.6 Å². The van der Waals surface area contributed by atoms with Crippen LogP contribution in [0.4, 0.5) is 0 Å². The quantitative estimate of drug-likeness (QED) is 0.732. The number of amides is 1. The van der Waals surface area contributed by atoms with Crippen LogP contribution >= 0.6 is 0 Å². The summed E-state index contributed by atoms with van der Waals surface area (Å²) >= 11 is 0. The maximum Gasteiger partial charge on any atom is 0.224 e. The second kappa shape index (κ2) is 6.11. The monoisotopic (exact) mass is 214 g/mol. The maximum absolute atomic E-state index is 11.8. The van der Waals surface area contributed by atoms with Gasteiger partial charge in [0.1, 0.15) is 0 Å². The number of rotatable bonds is 5. The number of carbonyl (C=O) groups is 1. The van der Waals surface area contributed by atoms with Crippen molar-refractivity contribution in [2.24, 2.45) is 11.3 Å². The molecule has 90 valence electrons. The normalized spacial score (nSPS) is 15.9. The van der Waals surface area contributed by atoms with E-state index in [1.54, 1.807) is 0 Å². The fraction of sp³-hybridized carbons (Fsp3) is 0.917. The smallest absolute Gasteiger partial charge is 0.224 e. The van der Waals surface area contributed by atoms with Gasteiger partial charge < -0.3 is 10.6 Å². The van der Waals surface area contributed by atoms with Gasteiger partial charge in [-0.25, -0.2) is 0 Å². The van der Waals surface area contributed by atoms with E-state index in [0.717, 1.165) is 13.1 Å². The molecule has 3 heteroatoms. The fourth-order valence-corrected chi connectivity index (χ4v) is 1.03. The Balaban J connectivity index is 4.02. The van der Waals surface area contributed by atoms with Crippen molar-refractivity contribution in [3.63, 3.8) is 0 Å². The molecule has 2 N–H and O–H groups in total. The highest BCUT2D eigenvalue weighted by Crippen LogP contribution is 2.18. The summed E-state index contributed by atoms with van der Waals surface area (Å²) in [6.07, 6.45) is 0. The zero-order chi connectivity index (χ0) is 12.1. The van der Waals surface area contributed by atoms with E-state index in [2.05, 4.69) is 38.3 Å². The highest BCUT2D eigenvalue weighted by Gasteiger charge is 2.23. The molecule has 0 aliphatic carbocycles. The van der Waals surface area contributed by atoms with Crippen molar-refractivity contribution in [3.8, 4) is 0 Å². The van der Waals surface area contributed by atoms with Crippen LogP contribution in [0.25, 0.3) is 0 Å². The van der Waals surface area contributed by atoms with Gasteiger partial charge in [0, 0.05) is 18.5 Å². The summed E-state index contributed by atoms with van der Waals surface area (Å²) in [6, 6.07) is 0.203. The van der Waals surface area contributed by atoms with Gasteiger partial charge in [-0.3, -0.25) is 4.79 Å². The summed E-state index contributed by atoms with van der Waals surface area (Å²) in [4.78, 5) is 11.8. The minimum absolute atomic E-state index is 0.0368. The third-order valence-corrected chi connectivity index (χ3v) is 2.81. The predicted molar refractivity (Wildman–Crippen MR) is 64.8 cm³/mol. The van der Waals surface area contributed by atoms with E-state index >= 15 is 0 Å². The summed E-state index contributed by atoms with van der Waals surface area (Å²) < 4.78 is 0. The largest absolute Gasteiger partial charge is 0.353 e. The molecule has 2 atom stereocenters. The van der Waals surface area contributed by atoms with E-state index < -0.39 is 0 Å². The lowest BCUT2D eigenvalue weighted by Gasteiger charge is -2.29. The first-order valence-corrected chi connectivity index (χ1v) is 5.80. The Morgan fingerprint density at radius 2 is 1.80 bits per heavy atom. The van der Waals surface area contributed by atoms with Crippen LogP contribution in [-0.2, 0) is 4.79 Å². The molecule has 3 nitrogen and oxygen atoms in total. The molecule has 0 bridgehead atoms. The Morgan fingerprint density at radius 1 is 1.27 bits per heavy atom. The second-order valence-corrected chi connectivity index (χ2v) is 5.31. The topological polar surface area (TPSA) is 41.1 Å². The molecule has 0 radical (unpaired) electrons. The van der Waals surface area contributed by atoms with Gasteiger partial charge in [-0.1, -0.05) is 34.6 Å². The number of carbonyl (C=O) groups excluding carboxylic acids is 1. The summed E-state index contributed by atoms with van der Waals surface area (Å²) in [6.45, 7) is 14.1. The van der Waals surface area contributed by atoms with E-state index in [9.17, 15) is 4.79 Å². The van der Waals surface area contributed by atoms with Crippen molar-refractivity contribution >= 4 is 5.91 Å². The van der Waals surface area contributed by atoms with Crippen molar-refractivity contribution < 1.29 is 4.79 Å². The summed E-state index contributed by atoms with van der Waals surface area (Å²) in [5.74, 6) is 0.174. The molecule has 0 aliphatic rings. The number of hydrogen-bond acceptors (Lipinski definition) is 2. The summed E-state index contributed by atoms with van der Waals surface area (Å²) in [5, 5.41) is 6.23. The molecule has 0 aromatic rings. The first-order chi connectivity index (χ1) is 6.79. The van der Waals surface area contributed by atoms with Gasteiger partial charge in [0.25, 0.3) is 0 Å². The third kappa shape index (κ3) is 5.78. The van der Waals surface area contributed by atoms with Crippen molar-refractivity contribution in [1.29, 1.82) is 0 Å². The molecule has 0 saturated heterocycles. The molecule has 0 saturated carbocycles. The molecule has 1 amide bonds. The van der Waals surface area contributed by atoms with Crippen LogP contribution in [0, 0.1) is 11.3 Å². The van der Waals surface area contributed by atoms with E-state index in [1.807, 2.05) is 13.8 Å². The molecule has 0 heterocycles. The Morgan fingerprint density at radius 3 is 2.20 bits per heavy atom. The van der Waals surface area contributed by atoms with Crippen LogP contribution < -0.4 is 10.6 Å². The predicted octanol–water partition coefficient (Wildman–Crippen LogP) is 1.78. The van der Waals surface area contributed by atoms with E-state index in [0.29, 0.717) is 0 Å². The first kappa shape index (κ1) is 14.4. The summed E-state index contributed by atoms with van der Waals surface area (Å²) in [7, 11) is 0. The molecule has 0 spiro atoms. The standard InChI is InChI=1S/C12H26N2O/c1-7-13-8-9(2)11(15)14-10(3)12(4,5)6/h9-10,13H,7-8H2,1-6H3,(H,14,15). The minimum Gasteiger partial charge on any atom is -0.353 e. The highest BCUT2D eigenvalue weighted by molar-refractivity contribution is 5.78. The van der Waals surface area contributed by atoms with Crippen LogP contribution in [0.15, 0.2) is 0 Å². The Bertz CT molecular complexity index is 196. The van der Waals surface area contributed by atoms with Gasteiger partial charge in [-0.2, -0.15) is 0 Å². The average molecular weight is 214 g/mol. The Hall–Kier alpha value is -0.570. The molecule has 0 aromatic carbocycles. The second-order valence-electron chi connectivity index (χ2n) is 5.31. The van der Waals surface area contributed by atoms with Crippen LogP contribution in [-0.4, -0.2) is 25.0 Å². The van der Waals surface area contributed by atoms with Crippen molar-refractivity contribution in [3.05, 3.63) is 0 Å². The molecule has 2 unspecified atom stereocenters. The number of hydrogen-bond donors (Lipinski definition) is 2. The van der Waals surface area contributed by atoms with Gasteiger partial charge >= 0.3 is 0 Å². The zero-order valence-corrected chi connectivity index (χ0v) is 11.0. The molecule has 0 fully saturated rings. The molecular formula is C12H26N2O. The lowest BCUT2D eigenvalue weighted by molar-refractivity contribution is -0.125. The van der Waals surface area contributed by atoms with Gasteiger partial charge in [-0.15, -0.1) is 0 Å². The highest BCUT2D eigenvalue weighted by atomic mass is 16.1. The third-order valence-electron chi connectivity index (χ3n) is 2.81. The Labute approximate surface area is 94.0 Å². The Kier molecular flexibility index (Phi) is 5.88. The van der Waals surface area contributed by atoms with E-state index in [1.165, 1.54) is 0 Å².